The van der Waals surface area contributed by atoms with Gasteiger partial charge in [-0.2, -0.15) is 0 Å². The van der Waals surface area contributed by atoms with Gasteiger partial charge in [-0.15, -0.1) is 0 Å². The monoisotopic (exact) mass is 230 g/mol. The highest BCUT2D eigenvalue weighted by Crippen LogP contribution is 2.29. The van der Waals surface area contributed by atoms with Crippen molar-refractivity contribution in [1.82, 2.24) is 9.97 Å². The van der Waals surface area contributed by atoms with Crippen LogP contribution >= 0.6 is 0 Å². The van der Waals surface area contributed by atoms with E-state index in [1.165, 1.54) is 7.11 Å². The molecule has 0 radical (unpaired) electrons. The second-order valence-electron chi connectivity index (χ2n) is 3.74. The summed E-state index contributed by atoms with van der Waals surface area (Å²) in [5.41, 5.74) is 2.39. The van der Waals surface area contributed by atoms with Gasteiger partial charge in [0, 0.05) is 29.7 Å². The first-order chi connectivity index (χ1) is 8.24. The Morgan fingerprint density at radius 3 is 2.76 bits per heavy atom. The molecule has 0 spiro atoms. The largest absolute Gasteiger partial charge is 0.481 e. The van der Waals surface area contributed by atoms with Crippen molar-refractivity contribution in [3.63, 3.8) is 0 Å². The molecule has 0 fully saturated rings. The molecule has 2 aromatic rings. The molecule has 0 aliphatic carbocycles. The zero-order valence-corrected chi connectivity index (χ0v) is 9.79. The Morgan fingerprint density at radius 1 is 1.24 bits per heavy atom. The molecule has 17 heavy (non-hydrogen) atoms. The van der Waals surface area contributed by atoms with Gasteiger partial charge >= 0.3 is 0 Å². The summed E-state index contributed by atoms with van der Waals surface area (Å²) in [5, 5.41) is 10.3. The number of aliphatic hydroxyl groups is 1. The first kappa shape index (κ1) is 11.5. The van der Waals surface area contributed by atoms with Crippen LogP contribution < -0.4 is 4.74 Å². The molecule has 88 valence electrons. The topological polar surface area (TPSA) is 55.2 Å². The van der Waals surface area contributed by atoms with Gasteiger partial charge < -0.3 is 9.84 Å². The first-order valence-corrected chi connectivity index (χ1v) is 5.31. The Bertz CT molecular complexity index is 514. The SMILES string of the molecule is COc1ncccc1C(O)c1cnccc1C. The van der Waals surface area contributed by atoms with Gasteiger partial charge in [0.15, 0.2) is 0 Å². The number of hydrogen-bond acceptors (Lipinski definition) is 4. The van der Waals surface area contributed by atoms with Gasteiger partial charge in [0.25, 0.3) is 0 Å². The standard InChI is InChI=1S/C13H14N2O2/c1-9-5-7-14-8-11(9)12(16)10-4-3-6-15-13(10)17-2/h3-8,12,16H,1-2H3. The van der Waals surface area contributed by atoms with E-state index in [0.717, 1.165) is 11.1 Å². The van der Waals surface area contributed by atoms with Crippen molar-refractivity contribution in [1.29, 1.82) is 0 Å². The van der Waals surface area contributed by atoms with Gasteiger partial charge in [-0.25, -0.2) is 4.98 Å². The minimum absolute atomic E-state index is 0.434. The molecule has 1 atom stereocenters. The molecular formula is C13H14N2O2. The molecule has 1 unspecified atom stereocenters. The van der Waals surface area contributed by atoms with Crippen LogP contribution in [0.5, 0.6) is 5.88 Å². The van der Waals surface area contributed by atoms with Crippen LogP contribution in [-0.4, -0.2) is 22.2 Å². The van der Waals surface area contributed by atoms with Crippen LogP contribution in [0.1, 0.15) is 22.8 Å². The molecule has 1 N–H and O–H groups in total. The lowest BCUT2D eigenvalue weighted by Gasteiger charge is -2.15. The number of methoxy groups -OCH3 is 1. The number of aliphatic hydroxyl groups excluding tert-OH is 1. The highest BCUT2D eigenvalue weighted by Gasteiger charge is 2.17. The van der Waals surface area contributed by atoms with E-state index in [-0.39, 0.29) is 0 Å². The minimum atomic E-state index is -0.771. The fourth-order valence-electron chi connectivity index (χ4n) is 1.71. The van der Waals surface area contributed by atoms with E-state index in [9.17, 15) is 5.11 Å². The summed E-state index contributed by atoms with van der Waals surface area (Å²) >= 11 is 0. The van der Waals surface area contributed by atoms with Gasteiger partial charge in [-0.3, -0.25) is 4.98 Å². The Hall–Kier alpha value is -1.94. The van der Waals surface area contributed by atoms with Crippen LogP contribution in [0.15, 0.2) is 36.8 Å². The normalized spacial score (nSPS) is 12.2. The van der Waals surface area contributed by atoms with Gasteiger partial charge in [0.2, 0.25) is 5.88 Å². The van der Waals surface area contributed by atoms with Crippen molar-refractivity contribution in [3.8, 4) is 5.88 Å². The van der Waals surface area contributed by atoms with Gasteiger partial charge in [-0.1, -0.05) is 0 Å². The Morgan fingerprint density at radius 2 is 2.06 bits per heavy atom. The van der Waals surface area contributed by atoms with Crippen LogP contribution in [0.3, 0.4) is 0 Å². The molecule has 0 aromatic carbocycles. The van der Waals surface area contributed by atoms with Crippen molar-refractivity contribution < 1.29 is 9.84 Å². The molecule has 0 saturated carbocycles. The summed E-state index contributed by atoms with van der Waals surface area (Å²) in [6.45, 7) is 1.93. The first-order valence-electron chi connectivity index (χ1n) is 5.31. The minimum Gasteiger partial charge on any atom is -0.481 e. The fraction of sp³-hybridized carbons (Fsp3) is 0.231. The van der Waals surface area contributed by atoms with Crippen LogP contribution in [0.2, 0.25) is 0 Å². The van der Waals surface area contributed by atoms with Crippen molar-refractivity contribution >= 4 is 0 Å². The van der Waals surface area contributed by atoms with Crippen LogP contribution in [-0.2, 0) is 0 Å². The molecule has 0 amide bonds. The van der Waals surface area contributed by atoms with Gasteiger partial charge in [0.05, 0.1) is 7.11 Å². The third kappa shape index (κ3) is 2.26. The van der Waals surface area contributed by atoms with E-state index >= 15 is 0 Å². The number of rotatable bonds is 3. The molecule has 2 aromatic heterocycles. The number of nitrogens with zero attached hydrogens (tertiary/aromatic N) is 2. The average molecular weight is 230 g/mol. The van der Waals surface area contributed by atoms with Crippen molar-refractivity contribution in [2.24, 2.45) is 0 Å². The highest BCUT2D eigenvalue weighted by molar-refractivity contribution is 5.37. The molecule has 0 aliphatic heterocycles. The Labute approximate surface area is 99.9 Å². The maximum absolute atomic E-state index is 10.3. The predicted octanol–water partition coefficient (Wildman–Crippen LogP) is 1.88. The summed E-state index contributed by atoms with van der Waals surface area (Å²) in [5.74, 6) is 0.434. The third-order valence-electron chi connectivity index (χ3n) is 2.66. The number of hydrogen-bond donors (Lipinski definition) is 1. The zero-order valence-electron chi connectivity index (χ0n) is 9.79. The number of aryl methyl sites for hydroxylation is 1. The van der Waals surface area contributed by atoms with E-state index < -0.39 is 6.10 Å². The summed E-state index contributed by atoms with van der Waals surface area (Å²) in [4.78, 5) is 8.10. The zero-order chi connectivity index (χ0) is 12.3. The smallest absolute Gasteiger partial charge is 0.219 e. The molecule has 2 heterocycles. The molecule has 4 heteroatoms. The number of pyridine rings is 2. The molecule has 2 rings (SSSR count). The third-order valence-corrected chi connectivity index (χ3v) is 2.66. The summed E-state index contributed by atoms with van der Waals surface area (Å²) in [7, 11) is 1.54. The summed E-state index contributed by atoms with van der Waals surface area (Å²) in [6.07, 6.45) is 4.22. The second kappa shape index (κ2) is 4.93. The van der Waals surface area contributed by atoms with Crippen LogP contribution in [0, 0.1) is 6.92 Å². The van der Waals surface area contributed by atoms with E-state index in [4.69, 9.17) is 4.74 Å². The maximum Gasteiger partial charge on any atom is 0.219 e. The lowest BCUT2D eigenvalue weighted by atomic mass is 10.0. The quantitative estimate of drug-likeness (QED) is 0.874. The van der Waals surface area contributed by atoms with E-state index in [1.54, 1.807) is 30.7 Å². The Balaban J connectivity index is 2.44. The van der Waals surface area contributed by atoms with Gasteiger partial charge in [0.1, 0.15) is 6.10 Å². The highest BCUT2D eigenvalue weighted by atomic mass is 16.5. The maximum atomic E-state index is 10.3. The average Bonchev–Trinajstić information content (AvgIpc) is 2.38. The van der Waals surface area contributed by atoms with Crippen molar-refractivity contribution in [2.75, 3.05) is 7.11 Å². The molecule has 0 saturated heterocycles. The summed E-state index contributed by atoms with van der Waals surface area (Å²) in [6, 6.07) is 5.43. The Kier molecular flexibility index (Phi) is 3.35. The lowest BCUT2D eigenvalue weighted by Crippen LogP contribution is -2.05. The van der Waals surface area contributed by atoms with Crippen LogP contribution in [0.25, 0.3) is 0 Å². The predicted molar refractivity (Wildman–Crippen MR) is 63.8 cm³/mol. The van der Waals surface area contributed by atoms with E-state index in [0.29, 0.717) is 11.4 Å². The van der Waals surface area contributed by atoms with Crippen LogP contribution in [0.4, 0.5) is 0 Å². The summed E-state index contributed by atoms with van der Waals surface area (Å²) < 4.78 is 5.14. The lowest BCUT2D eigenvalue weighted by molar-refractivity contribution is 0.212. The molecule has 4 nitrogen and oxygen atoms in total. The molecule has 0 aliphatic rings. The van der Waals surface area contributed by atoms with Crippen molar-refractivity contribution in [3.05, 3.63) is 53.5 Å². The van der Waals surface area contributed by atoms with Gasteiger partial charge in [-0.05, 0) is 30.7 Å². The van der Waals surface area contributed by atoms with E-state index in [2.05, 4.69) is 9.97 Å². The van der Waals surface area contributed by atoms with Crippen molar-refractivity contribution in [2.45, 2.75) is 13.0 Å². The fourth-order valence-corrected chi connectivity index (χ4v) is 1.71. The number of ether oxygens (including phenoxy) is 1. The van der Waals surface area contributed by atoms with E-state index in [1.807, 2.05) is 13.0 Å². The molecular weight excluding hydrogens is 216 g/mol. The second-order valence-corrected chi connectivity index (χ2v) is 3.74. The number of aromatic nitrogens is 2. The molecule has 0 bridgehead atoms.